The second-order valence-electron chi connectivity index (χ2n) is 4.77. The molecule has 3 nitrogen and oxygen atoms in total. The van der Waals surface area contributed by atoms with Crippen molar-refractivity contribution in [1.29, 1.82) is 0 Å². The molecule has 20 heavy (non-hydrogen) atoms. The summed E-state index contributed by atoms with van der Waals surface area (Å²) in [5.74, 6) is 0.0708. The molecule has 0 aliphatic carbocycles. The van der Waals surface area contributed by atoms with Gasteiger partial charge in [-0.3, -0.25) is 4.79 Å². The molecular weight excluding hydrogens is 295 g/mol. The fraction of sp³-hybridized carbons (Fsp3) is 0.533. The Labute approximate surface area is 132 Å². The smallest absolute Gasteiger partial charge is 0.220 e. The van der Waals surface area contributed by atoms with E-state index in [1.54, 1.807) is 0 Å². The van der Waals surface area contributed by atoms with Crippen LogP contribution < -0.4 is 11.1 Å². The van der Waals surface area contributed by atoms with Crippen LogP contribution in [0.2, 0.25) is 5.02 Å². The molecule has 1 aromatic rings. The van der Waals surface area contributed by atoms with Gasteiger partial charge in [0, 0.05) is 24.0 Å². The first kappa shape index (κ1) is 19.2. The highest BCUT2D eigenvalue weighted by atomic mass is 35.5. The molecule has 1 unspecified atom stereocenters. The zero-order chi connectivity index (χ0) is 14.1. The van der Waals surface area contributed by atoms with Crippen LogP contribution in [0, 0.1) is 0 Å². The Hall–Kier alpha value is -0.770. The third-order valence-electron chi connectivity index (χ3n) is 3.11. The van der Waals surface area contributed by atoms with Gasteiger partial charge in [-0.05, 0) is 30.5 Å². The van der Waals surface area contributed by atoms with Crippen LogP contribution >= 0.6 is 24.0 Å². The molecular formula is C15H24Cl2N2O. The van der Waals surface area contributed by atoms with Gasteiger partial charge >= 0.3 is 0 Å². The van der Waals surface area contributed by atoms with E-state index in [9.17, 15) is 4.79 Å². The minimum absolute atomic E-state index is 0. The molecule has 0 aliphatic heterocycles. The number of carbonyl (C=O) groups excluding carboxylic acids is 1. The lowest BCUT2D eigenvalue weighted by molar-refractivity contribution is -0.121. The number of unbranched alkanes of at least 4 members (excludes halogenated alkanes) is 1. The van der Waals surface area contributed by atoms with Crippen LogP contribution in [-0.2, 0) is 11.2 Å². The number of aryl methyl sites for hydroxylation is 1. The van der Waals surface area contributed by atoms with Gasteiger partial charge < -0.3 is 11.1 Å². The van der Waals surface area contributed by atoms with Crippen molar-refractivity contribution in [2.24, 2.45) is 5.73 Å². The van der Waals surface area contributed by atoms with E-state index in [-0.39, 0.29) is 24.4 Å². The number of nitrogens with two attached hydrogens (primary N) is 1. The molecule has 0 radical (unpaired) electrons. The number of benzene rings is 1. The second kappa shape index (κ2) is 11.0. The average Bonchev–Trinajstić information content (AvgIpc) is 2.42. The Balaban J connectivity index is 0.00000361. The maximum Gasteiger partial charge on any atom is 0.220 e. The summed E-state index contributed by atoms with van der Waals surface area (Å²) in [6, 6.07) is 7.70. The molecule has 114 valence electrons. The Morgan fingerprint density at radius 2 is 2.00 bits per heavy atom. The van der Waals surface area contributed by atoms with Gasteiger partial charge in [0.1, 0.15) is 0 Å². The lowest BCUT2D eigenvalue weighted by Crippen LogP contribution is -2.40. The number of nitrogens with one attached hydrogen (secondary N) is 1. The monoisotopic (exact) mass is 318 g/mol. The minimum atomic E-state index is 0. The quantitative estimate of drug-likeness (QED) is 0.772. The van der Waals surface area contributed by atoms with E-state index < -0.39 is 0 Å². The Kier molecular flexibility index (Phi) is 10.5. The molecule has 3 N–H and O–H groups in total. The van der Waals surface area contributed by atoms with Crippen molar-refractivity contribution >= 4 is 29.9 Å². The van der Waals surface area contributed by atoms with Gasteiger partial charge in [-0.1, -0.05) is 43.5 Å². The van der Waals surface area contributed by atoms with Crippen molar-refractivity contribution in [3.05, 3.63) is 34.9 Å². The van der Waals surface area contributed by atoms with Crippen molar-refractivity contribution in [2.75, 3.05) is 6.54 Å². The highest BCUT2D eigenvalue weighted by Gasteiger charge is 2.10. The summed E-state index contributed by atoms with van der Waals surface area (Å²) < 4.78 is 0. The highest BCUT2D eigenvalue weighted by Crippen LogP contribution is 2.11. The third kappa shape index (κ3) is 7.73. The zero-order valence-corrected chi connectivity index (χ0v) is 13.5. The second-order valence-corrected chi connectivity index (χ2v) is 5.21. The Morgan fingerprint density at radius 3 is 2.55 bits per heavy atom. The van der Waals surface area contributed by atoms with Gasteiger partial charge in [-0.2, -0.15) is 0 Å². The molecule has 0 spiro atoms. The molecule has 1 aromatic carbocycles. The Morgan fingerprint density at radius 1 is 1.35 bits per heavy atom. The molecule has 0 fully saturated rings. The van der Waals surface area contributed by atoms with E-state index in [4.69, 9.17) is 17.3 Å². The van der Waals surface area contributed by atoms with Crippen LogP contribution in [0.5, 0.6) is 0 Å². The first-order chi connectivity index (χ1) is 9.15. The topological polar surface area (TPSA) is 55.1 Å². The van der Waals surface area contributed by atoms with E-state index in [2.05, 4.69) is 12.2 Å². The maximum absolute atomic E-state index is 11.8. The number of hydrogen-bond acceptors (Lipinski definition) is 2. The van der Waals surface area contributed by atoms with E-state index in [1.165, 1.54) is 0 Å². The summed E-state index contributed by atoms with van der Waals surface area (Å²) in [5.41, 5.74) is 6.78. The number of amides is 1. The van der Waals surface area contributed by atoms with E-state index in [0.717, 1.165) is 36.3 Å². The molecule has 0 aliphatic rings. The fourth-order valence-corrected chi connectivity index (χ4v) is 2.03. The molecule has 0 heterocycles. The van der Waals surface area contributed by atoms with Crippen LogP contribution in [0.4, 0.5) is 0 Å². The number of hydrogen-bond donors (Lipinski definition) is 2. The van der Waals surface area contributed by atoms with Gasteiger partial charge in [-0.25, -0.2) is 0 Å². The van der Waals surface area contributed by atoms with Gasteiger partial charge in [0.05, 0.1) is 0 Å². The van der Waals surface area contributed by atoms with E-state index >= 15 is 0 Å². The summed E-state index contributed by atoms with van der Waals surface area (Å²) in [6.45, 7) is 2.64. The van der Waals surface area contributed by atoms with Gasteiger partial charge in [0.2, 0.25) is 5.91 Å². The van der Waals surface area contributed by atoms with Crippen LogP contribution in [0.3, 0.4) is 0 Å². The molecule has 0 bridgehead atoms. The van der Waals surface area contributed by atoms with Crippen LogP contribution in [0.15, 0.2) is 24.3 Å². The van der Waals surface area contributed by atoms with Gasteiger partial charge in [0.25, 0.3) is 0 Å². The van der Waals surface area contributed by atoms with Gasteiger partial charge in [0.15, 0.2) is 0 Å². The predicted molar refractivity (Wildman–Crippen MR) is 87.5 cm³/mol. The SMILES string of the molecule is CCCCC(CN)NC(=O)CCc1ccc(Cl)cc1.Cl. The minimum Gasteiger partial charge on any atom is -0.352 e. The van der Waals surface area contributed by atoms with E-state index in [0.29, 0.717) is 13.0 Å². The lowest BCUT2D eigenvalue weighted by Gasteiger charge is -2.16. The van der Waals surface area contributed by atoms with Crippen molar-refractivity contribution in [2.45, 2.75) is 45.1 Å². The lowest BCUT2D eigenvalue weighted by atomic mass is 10.1. The normalized spacial score (nSPS) is 11.6. The predicted octanol–water partition coefficient (Wildman–Crippen LogP) is 3.33. The average molecular weight is 319 g/mol. The van der Waals surface area contributed by atoms with Crippen molar-refractivity contribution in [3.8, 4) is 0 Å². The van der Waals surface area contributed by atoms with E-state index in [1.807, 2.05) is 24.3 Å². The largest absolute Gasteiger partial charge is 0.352 e. The molecule has 1 atom stereocenters. The van der Waals surface area contributed by atoms with Crippen LogP contribution in [-0.4, -0.2) is 18.5 Å². The fourth-order valence-electron chi connectivity index (χ4n) is 1.91. The number of halogens is 2. The third-order valence-corrected chi connectivity index (χ3v) is 3.36. The van der Waals surface area contributed by atoms with Crippen molar-refractivity contribution in [3.63, 3.8) is 0 Å². The number of carbonyl (C=O) groups is 1. The first-order valence-corrected chi connectivity index (χ1v) is 7.27. The Bertz CT molecular complexity index is 382. The molecule has 5 heteroatoms. The molecule has 0 saturated heterocycles. The highest BCUT2D eigenvalue weighted by molar-refractivity contribution is 6.30. The summed E-state index contributed by atoms with van der Waals surface area (Å²) in [7, 11) is 0. The zero-order valence-electron chi connectivity index (χ0n) is 11.9. The van der Waals surface area contributed by atoms with Crippen LogP contribution in [0.25, 0.3) is 0 Å². The van der Waals surface area contributed by atoms with Crippen LogP contribution in [0.1, 0.15) is 38.2 Å². The summed E-state index contributed by atoms with van der Waals surface area (Å²) in [6.07, 6.45) is 4.40. The summed E-state index contributed by atoms with van der Waals surface area (Å²) in [4.78, 5) is 11.8. The molecule has 1 amide bonds. The molecule has 0 aromatic heterocycles. The number of rotatable bonds is 8. The summed E-state index contributed by atoms with van der Waals surface area (Å²) >= 11 is 5.82. The first-order valence-electron chi connectivity index (χ1n) is 6.89. The standard InChI is InChI=1S/C15H23ClN2O.ClH/c1-2-3-4-14(11-17)18-15(19)10-7-12-5-8-13(16)9-6-12;/h5-6,8-9,14H,2-4,7,10-11,17H2,1H3,(H,18,19);1H. The maximum atomic E-state index is 11.8. The van der Waals surface area contributed by atoms with Crippen molar-refractivity contribution < 1.29 is 4.79 Å². The summed E-state index contributed by atoms with van der Waals surface area (Å²) in [5, 5.41) is 3.71. The van der Waals surface area contributed by atoms with Gasteiger partial charge in [-0.15, -0.1) is 12.4 Å². The molecule has 1 rings (SSSR count). The van der Waals surface area contributed by atoms with Crippen molar-refractivity contribution in [1.82, 2.24) is 5.32 Å². The molecule has 0 saturated carbocycles.